The molecule has 1 saturated heterocycles. The highest BCUT2D eigenvalue weighted by Crippen LogP contribution is 2.20. The summed E-state index contributed by atoms with van der Waals surface area (Å²) in [5.74, 6) is 0.918. The molecule has 1 fully saturated rings. The molecular formula is C12H26N2. The fraction of sp³-hybridized carbons (Fsp3) is 1.00. The Bertz CT molecular complexity index is 166. The minimum Gasteiger partial charge on any atom is -0.330 e. The van der Waals surface area contributed by atoms with Crippen LogP contribution in [0, 0.1) is 11.3 Å². The number of rotatable bonds is 3. The summed E-state index contributed by atoms with van der Waals surface area (Å²) in [5.41, 5.74) is 6.05. The van der Waals surface area contributed by atoms with Crippen LogP contribution < -0.4 is 5.73 Å². The number of hydrogen-bond donors (Lipinski definition) is 1. The van der Waals surface area contributed by atoms with E-state index in [1.54, 1.807) is 0 Å². The van der Waals surface area contributed by atoms with Crippen molar-refractivity contribution < 1.29 is 0 Å². The van der Waals surface area contributed by atoms with E-state index in [-0.39, 0.29) is 5.41 Å². The second-order valence-corrected chi connectivity index (χ2v) is 5.68. The van der Waals surface area contributed by atoms with Crippen LogP contribution in [0.4, 0.5) is 0 Å². The third kappa shape index (κ3) is 3.97. The minimum absolute atomic E-state index is 0.285. The molecule has 1 heterocycles. The van der Waals surface area contributed by atoms with Gasteiger partial charge in [-0.15, -0.1) is 0 Å². The first kappa shape index (κ1) is 12.0. The monoisotopic (exact) mass is 198 g/mol. The van der Waals surface area contributed by atoms with Crippen molar-refractivity contribution in [1.29, 1.82) is 0 Å². The number of nitrogens with two attached hydrogens (primary N) is 1. The Hall–Kier alpha value is -0.0800. The van der Waals surface area contributed by atoms with Crippen LogP contribution in [0.2, 0.25) is 0 Å². The molecule has 0 radical (unpaired) electrons. The van der Waals surface area contributed by atoms with Crippen LogP contribution in [-0.2, 0) is 0 Å². The van der Waals surface area contributed by atoms with Crippen molar-refractivity contribution in [2.45, 2.75) is 40.0 Å². The molecule has 0 aromatic heterocycles. The van der Waals surface area contributed by atoms with Gasteiger partial charge in [0.1, 0.15) is 0 Å². The normalized spacial score (nSPS) is 26.1. The quantitative estimate of drug-likeness (QED) is 0.752. The van der Waals surface area contributed by atoms with Crippen molar-refractivity contribution in [3.8, 4) is 0 Å². The Morgan fingerprint density at radius 1 is 1.29 bits per heavy atom. The SMILES string of the molecule is CC1CCCN(CC(C)(C)CN)CC1. The maximum Gasteiger partial charge on any atom is 0.00447 e. The summed E-state index contributed by atoms with van der Waals surface area (Å²) in [6, 6.07) is 0. The number of nitrogens with zero attached hydrogens (tertiary/aromatic N) is 1. The predicted octanol–water partition coefficient (Wildman–Crippen LogP) is 2.09. The Morgan fingerprint density at radius 3 is 2.64 bits per heavy atom. The molecular weight excluding hydrogens is 172 g/mol. The maximum atomic E-state index is 5.76. The van der Waals surface area contributed by atoms with E-state index in [4.69, 9.17) is 5.73 Å². The molecule has 1 atom stereocenters. The summed E-state index contributed by atoms with van der Waals surface area (Å²) in [7, 11) is 0. The van der Waals surface area contributed by atoms with E-state index in [2.05, 4.69) is 25.7 Å². The lowest BCUT2D eigenvalue weighted by Gasteiger charge is -2.30. The zero-order valence-corrected chi connectivity index (χ0v) is 10.1. The van der Waals surface area contributed by atoms with Crippen LogP contribution in [-0.4, -0.2) is 31.1 Å². The highest BCUT2D eigenvalue weighted by Gasteiger charge is 2.21. The van der Waals surface area contributed by atoms with Crippen molar-refractivity contribution in [3.63, 3.8) is 0 Å². The maximum absolute atomic E-state index is 5.76. The van der Waals surface area contributed by atoms with Gasteiger partial charge in [0.15, 0.2) is 0 Å². The van der Waals surface area contributed by atoms with E-state index < -0.39 is 0 Å². The van der Waals surface area contributed by atoms with Crippen LogP contribution >= 0.6 is 0 Å². The molecule has 1 unspecified atom stereocenters. The highest BCUT2D eigenvalue weighted by atomic mass is 15.1. The first-order valence-corrected chi connectivity index (χ1v) is 5.96. The summed E-state index contributed by atoms with van der Waals surface area (Å²) in [6.45, 7) is 11.4. The number of likely N-dealkylation sites (tertiary alicyclic amines) is 1. The minimum atomic E-state index is 0.285. The van der Waals surface area contributed by atoms with Gasteiger partial charge in [-0.05, 0) is 50.2 Å². The van der Waals surface area contributed by atoms with Gasteiger partial charge in [-0.25, -0.2) is 0 Å². The molecule has 0 amide bonds. The van der Waals surface area contributed by atoms with Gasteiger partial charge in [-0.1, -0.05) is 20.8 Å². The van der Waals surface area contributed by atoms with Gasteiger partial charge in [-0.3, -0.25) is 0 Å². The van der Waals surface area contributed by atoms with Crippen molar-refractivity contribution in [2.75, 3.05) is 26.2 Å². The van der Waals surface area contributed by atoms with E-state index >= 15 is 0 Å². The van der Waals surface area contributed by atoms with Crippen LogP contribution in [0.15, 0.2) is 0 Å². The summed E-state index contributed by atoms with van der Waals surface area (Å²) in [6.07, 6.45) is 4.13. The lowest BCUT2D eigenvalue weighted by molar-refractivity contribution is 0.187. The smallest absolute Gasteiger partial charge is 0.00447 e. The van der Waals surface area contributed by atoms with E-state index in [0.717, 1.165) is 19.0 Å². The third-order valence-corrected chi connectivity index (χ3v) is 3.31. The molecule has 0 spiro atoms. The predicted molar refractivity (Wildman–Crippen MR) is 62.3 cm³/mol. The highest BCUT2D eigenvalue weighted by molar-refractivity contribution is 4.76. The molecule has 0 aromatic carbocycles. The molecule has 2 heteroatoms. The average molecular weight is 198 g/mol. The van der Waals surface area contributed by atoms with Crippen LogP contribution in [0.3, 0.4) is 0 Å². The van der Waals surface area contributed by atoms with E-state index in [9.17, 15) is 0 Å². The Labute approximate surface area is 88.8 Å². The summed E-state index contributed by atoms with van der Waals surface area (Å²) < 4.78 is 0. The molecule has 84 valence electrons. The fourth-order valence-corrected chi connectivity index (χ4v) is 2.15. The molecule has 0 bridgehead atoms. The van der Waals surface area contributed by atoms with Gasteiger partial charge in [-0.2, -0.15) is 0 Å². The molecule has 1 rings (SSSR count). The van der Waals surface area contributed by atoms with E-state index in [0.29, 0.717) is 0 Å². The molecule has 0 saturated carbocycles. The van der Waals surface area contributed by atoms with Gasteiger partial charge in [0.2, 0.25) is 0 Å². The largest absolute Gasteiger partial charge is 0.330 e. The Morgan fingerprint density at radius 2 is 2.00 bits per heavy atom. The average Bonchev–Trinajstić information content (AvgIpc) is 2.31. The fourth-order valence-electron chi connectivity index (χ4n) is 2.15. The molecule has 2 N–H and O–H groups in total. The van der Waals surface area contributed by atoms with Gasteiger partial charge in [0.25, 0.3) is 0 Å². The lowest BCUT2D eigenvalue weighted by Crippen LogP contribution is -2.39. The molecule has 14 heavy (non-hydrogen) atoms. The zero-order chi connectivity index (χ0) is 10.6. The van der Waals surface area contributed by atoms with Crippen LogP contribution in [0.25, 0.3) is 0 Å². The van der Waals surface area contributed by atoms with Crippen molar-refractivity contribution in [1.82, 2.24) is 4.90 Å². The van der Waals surface area contributed by atoms with Gasteiger partial charge >= 0.3 is 0 Å². The molecule has 1 aliphatic rings. The van der Waals surface area contributed by atoms with Gasteiger partial charge in [0.05, 0.1) is 0 Å². The van der Waals surface area contributed by atoms with Crippen molar-refractivity contribution >= 4 is 0 Å². The van der Waals surface area contributed by atoms with Crippen LogP contribution in [0.1, 0.15) is 40.0 Å². The van der Waals surface area contributed by atoms with Gasteiger partial charge in [0, 0.05) is 6.54 Å². The Kier molecular flexibility index (Phi) is 4.39. The Balaban J connectivity index is 2.37. The molecule has 2 nitrogen and oxygen atoms in total. The topological polar surface area (TPSA) is 29.3 Å². The van der Waals surface area contributed by atoms with E-state index in [1.807, 2.05) is 0 Å². The lowest BCUT2D eigenvalue weighted by atomic mass is 9.93. The first-order valence-electron chi connectivity index (χ1n) is 5.96. The molecule has 0 aromatic rings. The first-order chi connectivity index (χ1) is 6.53. The summed E-state index contributed by atoms with van der Waals surface area (Å²) >= 11 is 0. The summed E-state index contributed by atoms with van der Waals surface area (Å²) in [4.78, 5) is 2.59. The van der Waals surface area contributed by atoms with Crippen molar-refractivity contribution in [2.24, 2.45) is 17.1 Å². The standard InChI is InChI=1S/C12H26N2/c1-11-5-4-7-14(8-6-11)10-12(2,3)9-13/h11H,4-10,13H2,1-3H3. The zero-order valence-electron chi connectivity index (χ0n) is 10.1. The van der Waals surface area contributed by atoms with Gasteiger partial charge < -0.3 is 10.6 Å². The van der Waals surface area contributed by atoms with Crippen molar-refractivity contribution in [3.05, 3.63) is 0 Å². The third-order valence-electron chi connectivity index (χ3n) is 3.31. The second-order valence-electron chi connectivity index (χ2n) is 5.68. The number of hydrogen-bond acceptors (Lipinski definition) is 2. The molecule has 1 aliphatic heterocycles. The molecule has 0 aliphatic carbocycles. The van der Waals surface area contributed by atoms with E-state index in [1.165, 1.54) is 32.4 Å². The second kappa shape index (κ2) is 5.13. The summed E-state index contributed by atoms with van der Waals surface area (Å²) in [5, 5.41) is 0. The van der Waals surface area contributed by atoms with Crippen LogP contribution in [0.5, 0.6) is 0 Å².